The van der Waals surface area contributed by atoms with Crippen molar-refractivity contribution in [3.05, 3.63) is 18.2 Å². The van der Waals surface area contributed by atoms with E-state index in [1.165, 1.54) is 19.3 Å². The molecule has 0 radical (unpaired) electrons. The first-order valence-corrected chi connectivity index (χ1v) is 8.33. The van der Waals surface area contributed by atoms with Crippen molar-refractivity contribution in [1.82, 2.24) is 0 Å². The van der Waals surface area contributed by atoms with E-state index in [1.54, 1.807) is 0 Å². The molecule has 106 valence electrons. The van der Waals surface area contributed by atoms with Gasteiger partial charge in [0.1, 0.15) is 5.75 Å². The van der Waals surface area contributed by atoms with E-state index in [1.807, 2.05) is 30.0 Å². The first kappa shape index (κ1) is 14.4. The van der Waals surface area contributed by atoms with Gasteiger partial charge in [0.15, 0.2) is 0 Å². The zero-order valence-corrected chi connectivity index (χ0v) is 12.6. The fourth-order valence-corrected chi connectivity index (χ4v) is 3.28. The lowest BCUT2D eigenvalue weighted by Crippen LogP contribution is -2.16. The quantitative estimate of drug-likeness (QED) is 0.779. The van der Waals surface area contributed by atoms with Crippen LogP contribution in [0, 0.1) is 0 Å². The molecule has 3 N–H and O–H groups in total. The molecule has 1 saturated carbocycles. The third kappa shape index (κ3) is 3.96. The zero-order chi connectivity index (χ0) is 13.7. The van der Waals surface area contributed by atoms with Crippen molar-refractivity contribution in [2.75, 3.05) is 23.9 Å². The van der Waals surface area contributed by atoms with Crippen molar-refractivity contribution in [2.45, 2.75) is 43.9 Å². The molecule has 1 fully saturated rings. The number of anilines is 2. The van der Waals surface area contributed by atoms with Gasteiger partial charge in [-0.05, 0) is 44.1 Å². The average Bonchev–Trinajstić information content (AvgIpc) is 2.87. The molecular formula is C15H24N2OS. The number of rotatable bonds is 6. The minimum absolute atomic E-state index is 0.583. The molecule has 4 heteroatoms. The number of nitrogen functional groups attached to an aromatic ring is 1. The Kier molecular flexibility index (Phi) is 5.25. The molecule has 0 heterocycles. The molecule has 0 aromatic heterocycles. The van der Waals surface area contributed by atoms with Gasteiger partial charge in [-0.3, -0.25) is 0 Å². The number of benzene rings is 1. The Bertz CT molecular complexity index is 411. The van der Waals surface area contributed by atoms with Gasteiger partial charge in [0.05, 0.1) is 12.3 Å². The van der Waals surface area contributed by atoms with Crippen molar-refractivity contribution in [1.29, 1.82) is 0 Å². The lowest BCUT2D eigenvalue weighted by molar-refractivity contribution is 0.319. The van der Waals surface area contributed by atoms with Gasteiger partial charge in [0.2, 0.25) is 0 Å². The van der Waals surface area contributed by atoms with Crippen LogP contribution in [0.2, 0.25) is 0 Å². The van der Waals surface area contributed by atoms with Crippen LogP contribution in [-0.4, -0.2) is 24.2 Å². The summed E-state index contributed by atoms with van der Waals surface area (Å²) in [6.45, 7) is 2.81. The molecular weight excluding hydrogens is 256 g/mol. The summed E-state index contributed by atoms with van der Waals surface area (Å²) in [7, 11) is 0. The first-order chi connectivity index (χ1) is 9.22. The second-order valence-corrected chi connectivity index (χ2v) is 6.25. The lowest BCUT2D eigenvalue weighted by atomic mass is 10.2. The maximum Gasteiger partial charge on any atom is 0.144 e. The van der Waals surface area contributed by atoms with E-state index < -0.39 is 0 Å². The SMILES string of the molecule is CCCOc1cc(NC2CCC(SC)C2)ccc1N. The zero-order valence-electron chi connectivity index (χ0n) is 11.8. The molecule has 0 aliphatic heterocycles. The predicted molar refractivity (Wildman–Crippen MR) is 85.2 cm³/mol. The van der Waals surface area contributed by atoms with E-state index in [4.69, 9.17) is 10.5 Å². The number of hydrogen-bond donors (Lipinski definition) is 2. The van der Waals surface area contributed by atoms with Gasteiger partial charge in [-0.1, -0.05) is 6.92 Å². The van der Waals surface area contributed by atoms with Crippen molar-refractivity contribution in [3.8, 4) is 5.75 Å². The Hall–Kier alpha value is -1.03. The van der Waals surface area contributed by atoms with Gasteiger partial charge in [-0.25, -0.2) is 0 Å². The van der Waals surface area contributed by atoms with Crippen LogP contribution in [0.25, 0.3) is 0 Å². The maximum atomic E-state index is 5.93. The molecule has 0 amide bonds. The van der Waals surface area contributed by atoms with Gasteiger partial charge in [-0.2, -0.15) is 11.8 Å². The van der Waals surface area contributed by atoms with E-state index in [-0.39, 0.29) is 0 Å². The van der Waals surface area contributed by atoms with E-state index in [0.717, 1.165) is 23.1 Å². The number of nitrogens with two attached hydrogens (primary N) is 1. The van der Waals surface area contributed by atoms with Crippen molar-refractivity contribution >= 4 is 23.1 Å². The lowest BCUT2D eigenvalue weighted by Gasteiger charge is -2.16. The number of nitrogens with one attached hydrogen (secondary N) is 1. The smallest absolute Gasteiger partial charge is 0.144 e. The van der Waals surface area contributed by atoms with E-state index in [9.17, 15) is 0 Å². The maximum absolute atomic E-state index is 5.93. The highest BCUT2D eigenvalue weighted by Gasteiger charge is 2.23. The number of hydrogen-bond acceptors (Lipinski definition) is 4. The minimum Gasteiger partial charge on any atom is -0.491 e. The highest BCUT2D eigenvalue weighted by atomic mass is 32.2. The summed E-state index contributed by atoms with van der Waals surface area (Å²) in [4.78, 5) is 0. The topological polar surface area (TPSA) is 47.3 Å². The van der Waals surface area contributed by atoms with Gasteiger partial charge in [0, 0.05) is 23.0 Å². The Morgan fingerprint density at radius 1 is 1.42 bits per heavy atom. The molecule has 1 aromatic rings. The molecule has 2 rings (SSSR count). The van der Waals surface area contributed by atoms with Crippen LogP contribution in [0.4, 0.5) is 11.4 Å². The summed E-state index contributed by atoms with van der Waals surface area (Å²) in [5.74, 6) is 0.797. The second-order valence-electron chi connectivity index (χ2n) is 5.11. The van der Waals surface area contributed by atoms with Crippen LogP contribution in [0.5, 0.6) is 5.75 Å². The third-order valence-corrected chi connectivity index (χ3v) is 4.66. The Morgan fingerprint density at radius 2 is 2.26 bits per heavy atom. The second kappa shape index (κ2) is 6.94. The molecule has 1 aliphatic rings. The van der Waals surface area contributed by atoms with Crippen molar-refractivity contribution < 1.29 is 4.74 Å². The van der Waals surface area contributed by atoms with E-state index >= 15 is 0 Å². The standard InChI is InChI=1S/C15H24N2OS/c1-3-8-18-15-10-12(5-7-14(15)16)17-11-4-6-13(9-11)19-2/h5,7,10-11,13,17H,3-4,6,8-9,16H2,1-2H3. The van der Waals surface area contributed by atoms with Gasteiger partial charge in [0.25, 0.3) is 0 Å². The molecule has 0 saturated heterocycles. The average molecular weight is 280 g/mol. The summed E-state index contributed by atoms with van der Waals surface area (Å²) in [6.07, 6.45) is 7.01. The van der Waals surface area contributed by atoms with Gasteiger partial charge in [-0.15, -0.1) is 0 Å². The molecule has 0 bridgehead atoms. The third-order valence-electron chi connectivity index (χ3n) is 3.56. The summed E-state index contributed by atoms with van der Waals surface area (Å²) >= 11 is 1.98. The molecule has 0 spiro atoms. The van der Waals surface area contributed by atoms with Crippen LogP contribution in [0.3, 0.4) is 0 Å². The van der Waals surface area contributed by atoms with Crippen molar-refractivity contribution in [2.24, 2.45) is 0 Å². The molecule has 2 atom stereocenters. The van der Waals surface area contributed by atoms with Crippen LogP contribution in [-0.2, 0) is 0 Å². The first-order valence-electron chi connectivity index (χ1n) is 7.04. The Labute approximate surface area is 120 Å². The Morgan fingerprint density at radius 3 is 2.95 bits per heavy atom. The molecule has 2 unspecified atom stereocenters. The number of thioether (sulfide) groups is 1. The van der Waals surface area contributed by atoms with Crippen LogP contribution < -0.4 is 15.8 Å². The monoisotopic (exact) mass is 280 g/mol. The van der Waals surface area contributed by atoms with Crippen LogP contribution >= 0.6 is 11.8 Å². The molecule has 3 nitrogen and oxygen atoms in total. The summed E-state index contributed by atoms with van der Waals surface area (Å²) in [5, 5.41) is 4.41. The Balaban J connectivity index is 1.97. The highest BCUT2D eigenvalue weighted by Crippen LogP contribution is 2.32. The van der Waals surface area contributed by atoms with Gasteiger partial charge >= 0.3 is 0 Å². The molecule has 19 heavy (non-hydrogen) atoms. The summed E-state index contributed by atoms with van der Waals surface area (Å²) < 4.78 is 5.66. The summed E-state index contributed by atoms with van der Waals surface area (Å²) in [6, 6.07) is 6.58. The van der Waals surface area contributed by atoms with Gasteiger partial charge < -0.3 is 15.8 Å². The minimum atomic E-state index is 0.583. The van der Waals surface area contributed by atoms with Crippen molar-refractivity contribution in [3.63, 3.8) is 0 Å². The highest BCUT2D eigenvalue weighted by molar-refractivity contribution is 7.99. The normalized spacial score (nSPS) is 22.4. The van der Waals surface area contributed by atoms with E-state index in [2.05, 4.69) is 18.5 Å². The van der Waals surface area contributed by atoms with Crippen LogP contribution in [0.15, 0.2) is 18.2 Å². The largest absolute Gasteiger partial charge is 0.491 e. The fourth-order valence-electron chi connectivity index (χ4n) is 2.48. The fraction of sp³-hybridized carbons (Fsp3) is 0.600. The predicted octanol–water partition coefficient (Wildman–Crippen LogP) is 3.75. The van der Waals surface area contributed by atoms with E-state index in [0.29, 0.717) is 18.3 Å². The molecule has 1 aromatic carbocycles. The van der Waals surface area contributed by atoms with Crippen LogP contribution in [0.1, 0.15) is 32.6 Å². The molecule has 1 aliphatic carbocycles. The summed E-state index contributed by atoms with van der Waals surface area (Å²) in [5.41, 5.74) is 7.76. The number of ether oxygens (including phenoxy) is 1.